The summed E-state index contributed by atoms with van der Waals surface area (Å²) in [6.45, 7) is 2.52. The van der Waals surface area contributed by atoms with Crippen LogP contribution in [0.3, 0.4) is 0 Å². The lowest BCUT2D eigenvalue weighted by Gasteiger charge is -2.06. The summed E-state index contributed by atoms with van der Waals surface area (Å²) in [7, 11) is 0. The first-order chi connectivity index (χ1) is 10.1. The highest BCUT2D eigenvalue weighted by atomic mass is 79.9. The molecule has 4 heteroatoms. The molecule has 0 bridgehead atoms. The molecule has 0 unspecified atom stereocenters. The summed E-state index contributed by atoms with van der Waals surface area (Å²) >= 11 is 3.45. The predicted molar refractivity (Wildman–Crippen MR) is 89.7 cm³/mol. The van der Waals surface area contributed by atoms with Crippen molar-refractivity contribution in [1.29, 1.82) is 0 Å². The van der Waals surface area contributed by atoms with E-state index < -0.39 is 0 Å². The van der Waals surface area contributed by atoms with Crippen molar-refractivity contribution < 1.29 is 4.79 Å². The highest BCUT2D eigenvalue weighted by molar-refractivity contribution is 9.10. The maximum absolute atomic E-state index is 11.7. The van der Waals surface area contributed by atoms with E-state index in [0.717, 1.165) is 15.6 Å². The molecule has 0 aromatic heterocycles. The molecule has 2 amide bonds. The number of benzene rings is 2. The van der Waals surface area contributed by atoms with Gasteiger partial charge in [0.25, 0.3) is 0 Å². The lowest BCUT2D eigenvalue weighted by Crippen LogP contribution is -2.31. The summed E-state index contributed by atoms with van der Waals surface area (Å²) in [6, 6.07) is 15.7. The van der Waals surface area contributed by atoms with Gasteiger partial charge in [0.05, 0.1) is 0 Å². The molecule has 21 heavy (non-hydrogen) atoms. The molecule has 0 atom stereocenters. The molecule has 0 aliphatic heterocycles. The molecule has 2 aromatic rings. The zero-order chi connectivity index (χ0) is 15.1. The van der Waals surface area contributed by atoms with Gasteiger partial charge in [0.1, 0.15) is 0 Å². The number of hydrogen-bond donors (Lipinski definition) is 2. The Morgan fingerprint density at radius 3 is 2.57 bits per heavy atom. The van der Waals surface area contributed by atoms with Crippen LogP contribution in [0.25, 0.3) is 6.08 Å². The lowest BCUT2D eigenvalue weighted by molar-refractivity contribution is 0.244. The van der Waals surface area contributed by atoms with E-state index in [2.05, 4.69) is 26.6 Å². The fourth-order valence-electron chi connectivity index (χ4n) is 1.76. The second-order valence-corrected chi connectivity index (χ2v) is 5.52. The van der Waals surface area contributed by atoms with Crippen molar-refractivity contribution in [3.8, 4) is 0 Å². The molecule has 3 nitrogen and oxygen atoms in total. The van der Waals surface area contributed by atoms with Crippen LogP contribution in [0.4, 0.5) is 4.79 Å². The molecular weight excluding hydrogens is 328 g/mol. The number of nitrogens with one attached hydrogen (secondary N) is 2. The van der Waals surface area contributed by atoms with E-state index in [4.69, 9.17) is 0 Å². The molecule has 108 valence electrons. The van der Waals surface area contributed by atoms with Gasteiger partial charge >= 0.3 is 6.03 Å². The predicted octanol–water partition coefficient (Wildman–Crippen LogP) is 4.23. The fourth-order valence-corrected chi connectivity index (χ4v) is 2.18. The number of hydrogen-bond acceptors (Lipinski definition) is 1. The Kier molecular flexibility index (Phi) is 5.58. The molecule has 0 fully saturated rings. The van der Waals surface area contributed by atoms with E-state index in [1.165, 1.54) is 5.56 Å². The van der Waals surface area contributed by atoms with Crippen LogP contribution < -0.4 is 10.6 Å². The number of aryl methyl sites for hydroxylation is 1. The average Bonchev–Trinajstić information content (AvgIpc) is 2.48. The Balaban J connectivity index is 1.80. The van der Waals surface area contributed by atoms with E-state index in [0.29, 0.717) is 6.54 Å². The molecule has 2 N–H and O–H groups in total. The van der Waals surface area contributed by atoms with E-state index in [1.807, 2.05) is 61.5 Å². The number of urea groups is 1. The second kappa shape index (κ2) is 7.64. The van der Waals surface area contributed by atoms with Gasteiger partial charge in [0, 0.05) is 17.2 Å². The van der Waals surface area contributed by atoms with Gasteiger partial charge in [-0.3, -0.25) is 0 Å². The normalized spacial score (nSPS) is 10.6. The second-order valence-electron chi connectivity index (χ2n) is 4.66. The van der Waals surface area contributed by atoms with Crippen molar-refractivity contribution in [2.75, 3.05) is 0 Å². The molecular formula is C17H17BrN2O. The molecule has 0 saturated heterocycles. The van der Waals surface area contributed by atoms with Gasteiger partial charge in [0.2, 0.25) is 0 Å². The van der Waals surface area contributed by atoms with Crippen molar-refractivity contribution in [1.82, 2.24) is 10.6 Å². The third kappa shape index (κ3) is 5.08. The molecule has 0 spiro atoms. The monoisotopic (exact) mass is 344 g/mol. The number of amides is 2. The minimum absolute atomic E-state index is 0.228. The largest absolute Gasteiger partial charge is 0.334 e. The third-order valence-corrected chi connectivity index (χ3v) is 3.74. The lowest BCUT2D eigenvalue weighted by atomic mass is 10.1. The maximum atomic E-state index is 11.7. The SMILES string of the molecule is Cc1ccc(/C=C/NC(=O)NCc2ccccc2Br)cc1. The van der Waals surface area contributed by atoms with Gasteiger partial charge in [-0.05, 0) is 30.2 Å². The van der Waals surface area contributed by atoms with E-state index in [9.17, 15) is 4.79 Å². The zero-order valence-corrected chi connectivity index (χ0v) is 13.4. The van der Waals surface area contributed by atoms with Crippen molar-refractivity contribution in [2.24, 2.45) is 0 Å². The number of rotatable bonds is 4. The van der Waals surface area contributed by atoms with Crippen LogP contribution in [-0.2, 0) is 6.54 Å². The van der Waals surface area contributed by atoms with Crippen molar-refractivity contribution in [3.63, 3.8) is 0 Å². The van der Waals surface area contributed by atoms with Crippen molar-refractivity contribution >= 4 is 28.0 Å². The Labute approximate surface area is 133 Å². The van der Waals surface area contributed by atoms with Crippen LogP contribution in [0.2, 0.25) is 0 Å². The van der Waals surface area contributed by atoms with Gasteiger partial charge < -0.3 is 10.6 Å². The van der Waals surface area contributed by atoms with Crippen LogP contribution >= 0.6 is 15.9 Å². The summed E-state index contributed by atoms with van der Waals surface area (Å²) in [5.41, 5.74) is 3.30. The fraction of sp³-hybridized carbons (Fsp3) is 0.118. The minimum atomic E-state index is -0.228. The minimum Gasteiger partial charge on any atom is -0.334 e. The Hall–Kier alpha value is -2.07. The molecule has 0 aliphatic carbocycles. The number of carbonyl (C=O) groups is 1. The summed E-state index contributed by atoms with van der Waals surface area (Å²) in [5.74, 6) is 0. The van der Waals surface area contributed by atoms with Crippen molar-refractivity contribution in [2.45, 2.75) is 13.5 Å². The van der Waals surface area contributed by atoms with Gasteiger partial charge in [-0.1, -0.05) is 64.0 Å². The highest BCUT2D eigenvalue weighted by Crippen LogP contribution is 2.15. The first-order valence-electron chi connectivity index (χ1n) is 6.66. The zero-order valence-electron chi connectivity index (χ0n) is 11.8. The quantitative estimate of drug-likeness (QED) is 0.856. The van der Waals surface area contributed by atoms with Crippen LogP contribution in [0.15, 0.2) is 59.2 Å². The summed E-state index contributed by atoms with van der Waals surface area (Å²) in [4.78, 5) is 11.7. The summed E-state index contributed by atoms with van der Waals surface area (Å²) in [5, 5.41) is 5.49. The van der Waals surface area contributed by atoms with Gasteiger partial charge in [-0.2, -0.15) is 0 Å². The van der Waals surface area contributed by atoms with E-state index in [-0.39, 0.29) is 6.03 Å². The summed E-state index contributed by atoms with van der Waals surface area (Å²) < 4.78 is 0.987. The molecule has 2 rings (SSSR count). The van der Waals surface area contributed by atoms with Gasteiger partial charge in [-0.25, -0.2) is 4.79 Å². The Morgan fingerprint density at radius 1 is 1.14 bits per heavy atom. The number of halogens is 1. The average molecular weight is 345 g/mol. The van der Waals surface area contributed by atoms with E-state index >= 15 is 0 Å². The van der Waals surface area contributed by atoms with Crippen LogP contribution in [0.1, 0.15) is 16.7 Å². The van der Waals surface area contributed by atoms with Crippen LogP contribution in [0, 0.1) is 6.92 Å². The highest BCUT2D eigenvalue weighted by Gasteiger charge is 2.00. The first kappa shape index (κ1) is 15.3. The Bertz CT molecular complexity index is 635. The maximum Gasteiger partial charge on any atom is 0.319 e. The summed E-state index contributed by atoms with van der Waals surface area (Å²) in [6.07, 6.45) is 3.50. The molecule has 0 heterocycles. The van der Waals surface area contributed by atoms with Crippen molar-refractivity contribution in [3.05, 3.63) is 75.9 Å². The van der Waals surface area contributed by atoms with Gasteiger partial charge in [-0.15, -0.1) is 0 Å². The molecule has 0 saturated carbocycles. The standard InChI is InChI=1S/C17H17BrN2O/c1-13-6-8-14(9-7-13)10-11-19-17(21)20-12-15-4-2-3-5-16(15)18/h2-11H,12H2,1H3,(H2,19,20,21)/b11-10+. The van der Waals surface area contributed by atoms with Gasteiger partial charge in [0.15, 0.2) is 0 Å². The topological polar surface area (TPSA) is 41.1 Å². The Morgan fingerprint density at radius 2 is 1.86 bits per heavy atom. The smallest absolute Gasteiger partial charge is 0.319 e. The number of carbonyl (C=O) groups excluding carboxylic acids is 1. The molecule has 0 aliphatic rings. The van der Waals surface area contributed by atoms with Crippen LogP contribution in [-0.4, -0.2) is 6.03 Å². The van der Waals surface area contributed by atoms with Crippen LogP contribution in [0.5, 0.6) is 0 Å². The third-order valence-electron chi connectivity index (χ3n) is 2.96. The molecule has 2 aromatic carbocycles. The van der Waals surface area contributed by atoms with E-state index in [1.54, 1.807) is 6.20 Å². The molecule has 0 radical (unpaired) electrons. The first-order valence-corrected chi connectivity index (χ1v) is 7.45.